The van der Waals surface area contributed by atoms with Crippen LogP contribution in [0.3, 0.4) is 0 Å². The van der Waals surface area contributed by atoms with Crippen LogP contribution in [0.5, 0.6) is 11.8 Å². The predicted molar refractivity (Wildman–Crippen MR) is 64.7 cm³/mol. The summed E-state index contributed by atoms with van der Waals surface area (Å²) in [6.45, 7) is -0.331. The predicted octanol–water partition coefficient (Wildman–Crippen LogP) is 2.57. The number of aliphatic hydroxyl groups is 1. The van der Waals surface area contributed by atoms with Gasteiger partial charge in [-0.05, 0) is 36.4 Å². The molecular weight excluding hydrogens is 235 g/mol. The van der Waals surface area contributed by atoms with Gasteiger partial charge in [0.05, 0.1) is 6.61 Å². The van der Waals surface area contributed by atoms with Crippen molar-refractivity contribution in [2.75, 3.05) is 6.61 Å². The van der Waals surface area contributed by atoms with Gasteiger partial charge in [-0.1, -0.05) is 0 Å². The average molecular weight is 246 g/mol. The van der Waals surface area contributed by atoms with Crippen molar-refractivity contribution in [3.8, 4) is 11.8 Å². The lowest BCUT2D eigenvalue weighted by atomic mass is 10.2. The highest BCUT2D eigenvalue weighted by atomic mass is 19.1. The van der Waals surface area contributed by atoms with Crippen LogP contribution < -0.4 is 4.74 Å². The number of hydrogen-bond donors (Lipinski definition) is 1. The van der Waals surface area contributed by atoms with Crippen molar-refractivity contribution in [1.29, 1.82) is 0 Å². The third-order valence-electron chi connectivity index (χ3n) is 2.15. The van der Waals surface area contributed by atoms with Gasteiger partial charge in [-0.15, -0.1) is 0 Å². The summed E-state index contributed by atoms with van der Waals surface area (Å²) in [5.41, 5.74) is 0.380. The third kappa shape index (κ3) is 3.11. The van der Waals surface area contributed by atoms with E-state index in [-0.39, 0.29) is 12.6 Å². The zero-order valence-corrected chi connectivity index (χ0v) is 9.45. The molecule has 0 saturated heterocycles. The molecule has 0 unspecified atom stereocenters. The SMILES string of the molecule is OCC=C(F)c1ccc(Oc2ncccn2)cc1. The fourth-order valence-electron chi connectivity index (χ4n) is 1.32. The topological polar surface area (TPSA) is 55.2 Å². The van der Waals surface area contributed by atoms with Gasteiger partial charge in [0.1, 0.15) is 11.6 Å². The van der Waals surface area contributed by atoms with Crippen LogP contribution in [-0.4, -0.2) is 21.7 Å². The van der Waals surface area contributed by atoms with Crippen LogP contribution in [0.4, 0.5) is 4.39 Å². The van der Waals surface area contributed by atoms with Crippen molar-refractivity contribution in [3.05, 3.63) is 54.4 Å². The van der Waals surface area contributed by atoms with Crippen molar-refractivity contribution < 1.29 is 14.2 Å². The van der Waals surface area contributed by atoms with Crippen molar-refractivity contribution >= 4 is 5.83 Å². The van der Waals surface area contributed by atoms with Gasteiger partial charge in [0.25, 0.3) is 0 Å². The Kier molecular flexibility index (Phi) is 3.98. The minimum atomic E-state index is -0.472. The first-order valence-electron chi connectivity index (χ1n) is 5.31. The molecule has 4 nitrogen and oxygen atoms in total. The Hall–Kier alpha value is -2.27. The summed E-state index contributed by atoms with van der Waals surface area (Å²) in [7, 11) is 0. The van der Waals surface area contributed by atoms with E-state index >= 15 is 0 Å². The second-order valence-corrected chi connectivity index (χ2v) is 3.39. The number of rotatable bonds is 4. The molecular formula is C13H11FN2O2. The molecule has 2 aromatic rings. The molecule has 0 fully saturated rings. The highest BCUT2D eigenvalue weighted by Crippen LogP contribution is 2.21. The van der Waals surface area contributed by atoms with Gasteiger partial charge >= 0.3 is 6.01 Å². The molecule has 0 aliphatic rings. The number of aliphatic hydroxyl groups excluding tert-OH is 1. The molecule has 0 bridgehead atoms. The molecule has 0 amide bonds. The summed E-state index contributed by atoms with van der Waals surface area (Å²) in [6, 6.07) is 8.24. The second kappa shape index (κ2) is 5.88. The van der Waals surface area contributed by atoms with Crippen molar-refractivity contribution in [2.24, 2.45) is 0 Å². The maximum absolute atomic E-state index is 13.3. The molecule has 1 aromatic carbocycles. The number of nitrogens with zero attached hydrogens (tertiary/aromatic N) is 2. The smallest absolute Gasteiger partial charge is 0.321 e. The molecule has 5 heteroatoms. The monoisotopic (exact) mass is 246 g/mol. The largest absolute Gasteiger partial charge is 0.424 e. The Labute approximate surface area is 103 Å². The second-order valence-electron chi connectivity index (χ2n) is 3.39. The summed E-state index contributed by atoms with van der Waals surface area (Å²) in [5, 5.41) is 8.59. The number of hydrogen-bond acceptors (Lipinski definition) is 4. The van der Waals surface area contributed by atoms with E-state index in [9.17, 15) is 4.39 Å². The van der Waals surface area contributed by atoms with Gasteiger partial charge in [0.15, 0.2) is 0 Å². The van der Waals surface area contributed by atoms with Crippen molar-refractivity contribution in [1.82, 2.24) is 9.97 Å². The highest BCUT2D eigenvalue weighted by Gasteiger charge is 2.02. The molecule has 0 aliphatic heterocycles. The Balaban J connectivity index is 2.11. The van der Waals surface area contributed by atoms with Crippen LogP contribution in [0.25, 0.3) is 5.83 Å². The quantitative estimate of drug-likeness (QED) is 0.900. The maximum atomic E-state index is 13.3. The minimum Gasteiger partial charge on any atom is -0.424 e. The number of benzene rings is 1. The lowest BCUT2D eigenvalue weighted by Gasteiger charge is -2.03. The van der Waals surface area contributed by atoms with Gasteiger partial charge < -0.3 is 9.84 Å². The Morgan fingerprint density at radius 3 is 2.50 bits per heavy atom. The van der Waals surface area contributed by atoms with Gasteiger partial charge in [0.2, 0.25) is 0 Å². The van der Waals surface area contributed by atoms with Crippen LogP contribution in [0.15, 0.2) is 48.8 Å². The summed E-state index contributed by atoms with van der Waals surface area (Å²) < 4.78 is 18.7. The summed E-state index contributed by atoms with van der Waals surface area (Å²) in [4.78, 5) is 7.82. The number of ether oxygens (including phenoxy) is 1. The summed E-state index contributed by atoms with van der Waals surface area (Å²) in [5.74, 6) is 0.0433. The van der Waals surface area contributed by atoms with E-state index in [0.717, 1.165) is 6.08 Å². The van der Waals surface area contributed by atoms with Crippen LogP contribution in [0.1, 0.15) is 5.56 Å². The average Bonchev–Trinajstić information content (AvgIpc) is 2.41. The van der Waals surface area contributed by atoms with E-state index in [4.69, 9.17) is 9.84 Å². The minimum absolute atomic E-state index is 0.233. The summed E-state index contributed by atoms with van der Waals surface area (Å²) in [6.07, 6.45) is 4.23. The number of aromatic nitrogens is 2. The zero-order valence-electron chi connectivity index (χ0n) is 9.45. The Morgan fingerprint density at radius 1 is 1.22 bits per heavy atom. The van der Waals surface area contributed by atoms with Crippen LogP contribution >= 0.6 is 0 Å². The van der Waals surface area contributed by atoms with Crippen LogP contribution in [-0.2, 0) is 0 Å². The molecule has 0 spiro atoms. The molecule has 0 aliphatic carbocycles. The molecule has 2 rings (SSSR count). The first kappa shape index (κ1) is 12.2. The van der Waals surface area contributed by atoms with Gasteiger partial charge in [-0.25, -0.2) is 14.4 Å². The molecule has 92 valence electrons. The normalized spacial score (nSPS) is 11.3. The van der Waals surface area contributed by atoms with Gasteiger partial charge in [0, 0.05) is 18.0 Å². The zero-order chi connectivity index (χ0) is 12.8. The number of halogens is 1. The van der Waals surface area contributed by atoms with Gasteiger partial charge in [-0.2, -0.15) is 0 Å². The van der Waals surface area contributed by atoms with Crippen molar-refractivity contribution in [3.63, 3.8) is 0 Å². The first-order chi connectivity index (χ1) is 8.79. The molecule has 0 saturated carbocycles. The third-order valence-corrected chi connectivity index (χ3v) is 2.15. The van der Waals surface area contributed by atoms with E-state index in [0.29, 0.717) is 11.3 Å². The highest BCUT2D eigenvalue weighted by molar-refractivity contribution is 5.59. The molecule has 1 aromatic heterocycles. The molecule has 1 heterocycles. The fourth-order valence-corrected chi connectivity index (χ4v) is 1.32. The molecule has 1 N–H and O–H groups in total. The Morgan fingerprint density at radius 2 is 1.89 bits per heavy atom. The van der Waals surface area contributed by atoms with Gasteiger partial charge in [-0.3, -0.25) is 0 Å². The van der Waals surface area contributed by atoms with Crippen molar-refractivity contribution in [2.45, 2.75) is 0 Å². The first-order valence-corrected chi connectivity index (χ1v) is 5.31. The van der Waals surface area contributed by atoms with E-state index in [1.54, 1.807) is 42.7 Å². The van der Waals surface area contributed by atoms with Crippen LogP contribution in [0, 0.1) is 0 Å². The van der Waals surface area contributed by atoms with Crippen LogP contribution in [0.2, 0.25) is 0 Å². The van der Waals surface area contributed by atoms with E-state index < -0.39 is 5.83 Å². The molecule has 0 radical (unpaired) electrons. The maximum Gasteiger partial charge on any atom is 0.321 e. The lowest BCUT2D eigenvalue weighted by molar-refractivity contribution is 0.342. The van der Waals surface area contributed by atoms with E-state index in [2.05, 4.69) is 9.97 Å². The summed E-state index contributed by atoms with van der Waals surface area (Å²) >= 11 is 0. The fraction of sp³-hybridized carbons (Fsp3) is 0.0769. The standard InChI is InChI=1S/C13H11FN2O2/c14-12(6-9-17)10-2-4-11(5-3-10)18-13-15-7-1-8-16-13/h1-8,17H,9H2. The van der Waals surface area contributed by atoms with E-state index in [1.165, 1.54) is 0 Å². The molecule has 0 atom stereocenters. The molecule has 18 heavy (non-hydrogen) atoms. The van der Waals surface area contributed by atoms with E-state index in [1.807, 2.05) is 0 Å². The Bertz CT molecular complexity index is 526. The lowest BCUT2D eigenvalue weighted by Crippen LogP contribution is -1.90.